The van der Waals surface area contributed by atoms with Gasteiger partial charge in [-0.1, -0.05) is 35.0 Å². The van der Waals surface area contributed by atoms with E-state index in [-0.39, 0.29) is 0 Å². The van der Waals surface area contributed by atoms with Crippen LogP contribution in [-0.2, 0) is 6.54 Å². The van der Waals surface area contributed by atoms with Crippen molar-refractivity contribution in [3.05, 3.63) is 71.2 Å². The van der Waals surface area contributed by atoms with Crippen LogP contribution in [-0.4, -0.2) is 28.1 Å². The second-order valence-electron chi connectivity index (χ2n) is 6.16. The van der Waals surface area contributed by atoms with Crippen LogP contribution >= 0.6 is 11.6 Å². The van der Waals surface area contributed by atoms with Gasteiger partial charge in [0.05, 0.1) is 6.54 Å². The van der Waals surface area contributed by atoms with Crippen molar-refractivity contribution in [3.8, 4) is 11.3 Å². The van der Waals surface area contributed by atoms with E-state index in [1.807, 2.05) is 30.3 Å². The first-order chi connectivity index (χ1) is 11.8. The smallest absolute Gasteiger partial charge is 0.151 e. The number of pyridine rings is 1. The Morgan fingerprint density at radius 3 is 2.83 bits per heavy atom. The van der Waals surface area contributed by atoms with Gasteiger partial charge in [-0.25, -0.2) is 0 Å². The largest absolute Gasteiger partial charge is 0.359 e. The number of hydrogen-bond donors (Lipinski definition) is 0. The van der Waals surface area contributed by atoms with Crippen LogP contribution in [0.4, 0.5) is 0 Å². The van der Waals surface area contributed by atoms with Gasteiger partial charge in [-0.3, -0.25) is 9.88 Å². The fourth-order valence-corrected chi connectivity index (χ4v) is 3.59. The molecule has 5 heteroatoms. The predicted octanol–water partition coefficient (Wildman–Crippen LogP) is 4.38. The van der Waals surface area contributed by atoms with E-state index in [1.165, 1.54) is 5.56 Å². The zero-order chi connectivity index (χ0) is 16.4. The van der Waals surface area contributed by atoms with Crippen molar-refractivity contribution in [2.45, 2.75) is 18.9 Å². The average molecular weight is 340 g/mol. The highest BCUT2D eigenvalue weighted by Crippen LogP contribution is 2.32. The van der Waals surface area contributed by atoms with Crippen LogP contribution in [0.3, 0.4) is 0 Å². The van der Waals surface area contributed by atoms with Gasteiger partial charge in [0, 0.05) is 35.6 Å². The van der Waals surface area contributed by atoms with Crippen LogP contribution in [0.5, 0.6) is 0 Å². The Morgan fingerprint density at radius 2 is 2.00 bits per heavy atom. The highest BCUT2D eigenvalue weighted by Gasteiger charge is 2.26. The Balaban J connectivity index is 1.42. The molecule has 122 valence electrons. The van der Waals surface area contributed by atoms with Gasteiger partial charge in [0.1, 0.15) is 5.69 Å². The summed E-state index contributed by atoms with van der Waals surface area (Å²) in [5.74, 6) is 1.38. The summed E-state index contributed by atoms with van der Waals surface area (Å²) in [5.41, 5.74) is 3.13. The molecule has 1 saturated heterocycles. The summed E-state index contributed by atoms with van der Waals surface area (Å²) in [6.45, 7) is 2.81. The molecule has 0 spiro atoms. The number of aromatic nitrogens is 2. The molecule has 1 aromatic carbocycles. The summed E-state index contributed by atoms with van der Waals surface area (Å²) in [6.07, 6.45) is 4.64. The third kappa shape index (κ3) is 3.21. The minimum absolute atomic E-state index is 0.487. The molecular formula is C19H18ClN3O. The summed E-state index contributed by atoms with van der Waals surface area (Å²) in [5, 5.41) is 5.03. The minimum atomic E-state index is 0.487. The summed E-state index contributed by atoms with van der Waals surface area (Å²) in [4.78, 5) is 6.42. The summed E-state index contributed by atoms with van der Waals surface area (Å²) in [7, 11) is 0. The van der Waals surface area contributed by atoms with E-state index in [0.29, 0.717) is 5.92 Å². The van der Waals surface area contributed by atoms with E-state index in [1.54, 1.807) is 12.4 Å². The zero-order valence-electron chi connectivity index (χ0n) is 13.2. The van der Waals surface area contributed by atoms with E-state index in [0.717, 1.165) is 48.1 Å². The molecule has 4 rings (SSSR count). The first-order valence-corrected chi connectivity index (χ1v) is 8.50. The SMILES string of the molecule is Clc1ccccc1C1CCN(Cc2cc(-c3ccncc3)no2)C1. The lowest BCUT2D eigenvalue weighted by Gasteiger charge is -2.15. The van der Waals surface area contributed by atoms with Gasteiger partial charge in [-0.05, 0) is 42.6 Å². The maximum absolute atomic E-state index is 6.33. The normalized spacial score (nSPS) is 18.1. The molecule has 4 nitrogen and oxygen atoms in total. The van der Waals surface area contributed by atoms with Crippen molar-refractivity contribution in [2.75, 3.05) is 13.1 Å². The second-order valence-corrected chi connectivity index (χ2v) is 6.56. The van der Waals surface area contributed by atoms with Gasteiger partial charge in [0.2, 0.25) is 0 Å². The van der Waals surface area contributed by atoms with E-state index < -0.39 is 0 Å². The van der Waals surface area contributed by atoms with Crippen LogP contribution in [0.15, 0.2) is 59.4 Å². The molecule has 3 heterocycles. The molecule has 3 aromatic rings. The van der Waals surface area contributed by atoms with Gasteiger partial charge in [-0.15, -0.1) is 0 Å². The molecule has 1 aliphatic rings. The number of benzene rings is 1. The molecule has 2 aromatic heterocycles. The first-order valence-electron chi connectivity index (χ1n) is 8.12. The van der Waals surface area contributed by atoms with E-state index in [2.05, 4.69) is 27.2 Å². The Hall–Kier alpha value is -2.17. The number of rotatable bonds is 4. The van der Waals surface area contributed by atoms with Crippen molar-refractivity contribution in [3.63, 3.8) is 0 Å². The maximum atomic E-state index is 6.33. The zero-order valence-corrected chi connectivity index (χ0v) is 14.0. The van der Waals surface area contributed by atoms with Crippen LogP contribution in [0.1, 0.15) is 23.7 Å². The van der Waals surface area contributed by atoms with Crippen molar-refractivity contribution in [1.29, 1.82) is 0 Å². The van der Waals surface area contributed by atoms with Crippen LogP contribution < -0.4 is 0 Å². The summed E-state index contributed by atoms with van der Waals surface area (Å²) >= 11 is 6.33. The molecule has 0 aliphatic carbocycles. The van der Waals surface area contributed by atoms with E-state index in [9.17, 15) is 0 Å². The standard InChI is InChI=1S/C19H18ClN3O/c20-18-4-2-1-3-17(18)15-7-10-23(12-15)13-16-11-19(22-24-16)14-5-8-21-9-6-14/h1-6,8-9,11,15H,7,10,12-13H2. The number of hydrogen-bond acceptors (Lipinski definition) is 4. The Bertz CT molecular complexity index is 818. The molecule has 0 saturated carbocycles. The topological polar surface area (TPSA) is 42.2 Å². The maximum Gasteiger partial charge on any atom is 0.151 e. The lowest BCUT2D eigenvalue weighted by molar-refractivity contribution is 0.272. The Morgan fingerprint density at radius 1 is 1.17 bits per heavy atom. The van der Waals surface area contributed by atoms with Gasteiger partial charge >= 0.3 is 0 Å². The highest BCUT2D eigenvalue weighted by molar-refractivity contribution is 6.31. The number of nitrogens with zero attached hydrogens (tertiary/aromatic N) is 3. The third-order valence-corrected chi connectivity index (χ3v) is 4.88. The third-order valence-electron chi connectivity index (χ3n) is 4.53. The van der Waals surface area contributed by atoms with Crippen LogP contribution in [0.25, 0.3) is 11.3 Å². The minimum Gasteiger partial charge on any atom is -0.359 e. The summed E-state index contributed by atoms with van der Waals surface area (Å²) in [6, 6.07) is 14.0. The molecular weight excluding hydrogens is 322 g/mol. The quantitative estimate of drug-likeness (QED) is 0.707. The fourth-order valence-electron chi connectivity index (χ4n) is 3.30. The molecule has 0 radical (unpaired) electrons. The van der Waals surface area contributed by atoms with E-state index >= 15 is 0 Å². The molecule has 0 N–H and O–H groups in total. The molecule has 0 amide bonds. The molecule has 0 bridgehead atoms. The lowest BCUT2D eigenvalue weighted by atomic mass is 9.98. The first kappa shape index (κ1) is 15.4. The van der Waals surface area contributed by atoms with Gasteiger partial charge in [0.25, 0.3) is 0 Å². The van der Waals surface area contributed by atoms with E-state index in [4.69, 9.17) is 16.1 Å². The van der Waals surface area contributed by atoms with Gasteiger partial charge in [0.15, 0.2) is 5.76 Å². The van der Waals surface area contributed by atoms with Crippen molar-refractivity contribution in [1.82, 2.24) is 15.0 Å². The Kier molecular flexibility index (Phi) is 4.32. The molecule has 1 unspecified atom stereocenters. The Labute approximate surface area is 146 Å². The van der Waals surface area contributed by atoms with Crippen molar-refractivity contribution >= 4 is 11.6 Å². The monoisotopic (exact) mass is 339 g/mol. The molecule has 1 fully saturated rings. The highest BCUT2D eigenvalue weighted by atomic mass is 35.5. The number of likely N-dealkylation sites (tertiary alicyclic amines) is 1. The fraction of sp³-hybridized carbons (Fsp3) is 0.263. The van der Waals surface area contributed by atoms with Crippen LogP contribution in [0, 0.1) is 0 Å². The average Bonchev–Trinajstić information content (AvgIpc) is 3.26. The van der Waals surface area contributed by atoms with Gasteiger partial charge < -0.3 is 4.52 Å². The lowest BCUT2D eigenvalue weighted by Crippen LogP contribution is -2.19. The summed E-state index contributed by atoms with van der Waals surface area (Å²) < 4.78 is 5.51. The van der Waals surface area contributed by atoms with Gasteiger partial charge in [-0.2, -0.15) is 0 Å². The van der Waals surface area contributed by atoms with Crippen molar-refractivity contribution in [2.24, 2.45) is 0 Å². The second kappa shape index (κ2) is 6.75. The van der Waals surface area contributed by atoms with Crippen LogP contribution in [0.2, 0.25) is 5.02 Å². The molecule has 24 heavy (non-hydrogen) atoms. The molecule has 1 aliphatic heterocycles. The molecule has 1 atom stereocenters. The van der Waals surface area contributed by atoms with Crippen molar-refractivity contribution < 1.29 is 4.52 Å². The number of halogens is 1. The predicted molar refractivity (Wildman–Crippen MR) is 93.8 cm³/mol.